The van der Waals surface area contributed by atoms with E-state index in [-0.39, 0.29) is 0 Å². The van der Waals surface area contributed by atoms with Crippen LogP contribution in [-0.2, 0) is 6.54 Å². The fraction of sp³-hybridized carbons (Fsp3) is 0.571. The highest BCUT2D eigenvalue weighted by atomic mass is 16.5. The summed E-state index contributed by atoms with van der Waals surface area (Å²) in [6.45, 7) is 7.34. The zero-order valence-electron chi connectivity index (χ0n) is 11.6. The van der Waals surface area contributed by atoms with Gasteiger partial charge in [0.2, 0.25) is 0 Å². The van der Waals surface area contributed by atoms with Gasteiger partial charge in [0, 0.05) is 13.1 Å². The Morgan fingerprint density at radius 1 is 1.28 bits per heavy atom. The molecule has 0 heterocycles. The molecule has 0 aliphatic rings. The van der Waals surface area contributed by atoms with Crippen LogP contribution in [0.3, 0.4) is 0 Å². The first kappa shape index (κ1) is 14.8. The normalized spacial score (nSPS) is 11.4. The average molecular weight is 253 g/mol. The van der Waals surface area contributed by atoms with Gasteiger partial charge in [-0.05, 0) is 38.5 Å². The highest BCUT2D eigenvalue weighted by Gasteiger charge is 2.11. The van der Waals surface area contributed by atoms with Crippen LogP contribution in [0, 0.1) is 0 Å². The molecule has 0 amide bonds. The first-order chi connectivity index (χ1) is 8.46. The molecule has 0 spiro atoms. The van der Waals surface area contributed by atoms with Gasteiger partial charge in [-0.3, -0.25) is 0 Å². The van der Waals surface area contributed by atoms with Crippen molar-refractivity contribution in [3.63, 3.8) is 0 Å². The molecule has 1 aromatic carbocycles. The Bertz CT molecular complexity index is 372. The van der Waals surface area contributed by atoms with Crippen molar-refractivity contribution in [3.05, 3.63) is 23.8 Å². The minimum absolute atomic E-state index is 0.544. The van der Waals surface area contributed by atoms with E-state index in [0.29, 0.717) is 19.7 Å². The molecule has 0 bridgehead atoms. The predicted molar refractivity (Wildman–Crippen MR) is 72.2 cm³/mol. The number of benzene rings is 1. The van der Waals surface area contributed by atoms with Crippen molar-refractivity contribution < 1.29 is 14.6 Å². The van der Waals surface area contributed by atoms with Crippen LogP contribution in [0.25, 0.3) is 0 Å². The summed E-state index contributed by atoms with van der Waals surface area (Å²) < 4.78 is 10.7. The third-order valence-corrected chi connectivity index (χ3v) is 2.41. The molecule has 0 fully saturated rings. The van der Waals surface area contributed by atoms with Gasteiger partial charge >= 0.3 is 0 Å². The minimum Gasteiger partial charge on any atom is -0.493 e. The van der Waals surface area contributed by atoms with E-state index in [2.05, 4.69) is 5.32 Å². The van der Waals surface area contributed by atoms with Crippen LogP contribution in [0.4, 0.5) is 0 Å². The molecule has 1 aromatic rings. The van der Waals surface area contributed by atoms with Crippen LogP contribution in [0.15, 0.2) is 18.2 Å². The Morgan fingerprint density at radius 2 is 2.00 bits per heavy atom. The number of nitrogens with one attached hydrogen (secondary N) is 1. The van der Waals surface area contributed by atoms with Crippen molar-refractivity contribution in [3.8, 4) is 11.5 Å². The molecule has 1 rings (SSSR count). The predicted octanol–water partition coefficient (Wildman–Crippen LogP) is 1.95. The van der Waals surface area contributed by atoms with Gasteiger partial charge in [-0.25, -0.2) is 0 Å². The summed E-state index contributed by atoms with van der Waals surface area (Å²) in [6, 6.07) is 5.84. The maximum atomic E-state index is 9.60. The molecule has 4 heteroatoms. The summed E-state index contributed by atoms with van der Waals surface area (Å²) in [5.41, 5.74) is 0.398. The number of hydrogen-bond donors (Lipinski definition) is 2. The lowest BCUT2D eigenvalue weighted by Gasteiger charge is -2.18. The second-order valence-electron chi connectivity index (χ2n) is 4.83. The second-order valence-corrected chi connectivity index (χ2v) is 4.83. The first-order valence-electron chi connectivity index (χ1n) is 6.19. The largest absolute Gasteiger partial charge is 0.493 e. The number of ether oxygens (including phenoxy) is 2. The maximum Gasteiger partial charge on any atom is 0.161 e. The third kappa shape index (κ3) is 4.94. The van der Waals surface area contributed by atoms with Crippen molar-refractivity contribution in [2.24, 2.45) is 0 Å². The van der Waals surface area contributed by atoms with Gasteiger partial charge < -0.3 is 19.9 Å². The van der Waals surface area contributed by atoms with E-state index in [9.17, 15) is 5.11 Å². The number of methoxy groups -OCH3 is 1. The Labute approximate surface area is 109 Å². The van der Waals surface area contributed by atoms with Crippen LogP contribution in [0.2, 0.25) is 0 Å². The van der Waals surface area contributed by atoms with Gasteiger partial charge in [0.1, 0.15) is 0 Å². The molecular weight excluding hydrogens is 230 g/mol. The van der Waals surface area contributed by atoms with Gasteiger partial charge in [0.05, 0.1) is 19.3 Å². The van der Waals surface area contributed by atoms with Gasteiger partial charge in [0.25, 0.3) is 0 Å². The molecule has 2 N–H and O–H groups in total. The van der Waals surface area contributed by atoms with Crippen molar-refractivity contribution >= 4 is 0 Å². The highest BCUT2D eigenvalue weighted by molar-refractivity contribution is 5.42. The van der Waals surface area contributed by atoms with Crippen LogP contribution in [-0.4, -0.2) is 31.0 Å². The van der Waals surface area contributed by atoms with Crippen LogP contribution >= 0.6 is 0 Å². The molecule has 0 unspecified atom stereocenters. The fourth-order valence-electron chi connectivity index (χ4n) is 1.61. The van der Waals surface area contributed by atoms with E-state index in [1.165, 1.54) is 0 Å². The molecule has 0 aliphatic heterocycles. The van der Waals surface area contributed by atoms with E-state index in [1.807, 2.05) is 25.1 Å². The Balaban J connectivity index is 2.62. The smallest absolute Gasteiger partial charge is 0.161 e. The molecular formula is C14H23NO3. The quantitative estimate of drug-likeness (QED) is 0.780. The third-order valence-electron chi connectivity index (χ3n) is 2.41. The number of rotatable bonds is 7. The summed E-state index contributed by atoms with van der Waals surface area (Å²) in [6.07, 6.45) is 0. The second kappa shape index (κ2) is 6.61. The molecule has 0 aliphatic carbocycles. The summed E-state index contributed by atoms with van der Waals surface area (Å²) in [5.74, 6) is 1.49. The zero-order valence-corrected chi connectivity index (χ0v) is 11.6. The average Bonchev–Trinajstić information content (AvgIpc) is 2.29. The topological polar surface area (TPSA) is 50.7 Å². The molecule has 4 nitrogen and oxygen atoms in total. The standard InChI is InChI=1S/C14H23NO3/c1-5-18-12-7-6-11(8-13(12)17-4)9-15-10-14(2,3)16/h6-8,15-16H,5,9-10H2,1-4H3. The highest BCUT2D eigenvalue weighted by Crippen LogP contribution is 2.27. The van der Waals surface area contributed by atoms with Crippen molar-refractivity contribution in [1.82, 2.24) is 5.32 Å². The van der Waals surface area contributed by atoms with Gasteiger partial charge in [-0.1, -0.05) is 6.07 Å². The van der Waals surface area contributed by atoms with Crippen LogP contribution < -0.4 is 14.8 Å². The van der Waals surface area contributed by atoms with E-state index in [1.54, 1.807) is 21.0 Å². The molecule has 0 atom stereocenters. The number of aliphatic hydroxyl groups is 1. The minimum atomic E-state index is -0.699. The van der Waals surface area contributed by atoms with E-state index >= 15 is 0 Å². The molecule has 0 aromatic heterocycles. The lowest BCUT2D eigenvalue weighted by molar-refractivity contribution is 0.0795. The maximum absolute atomic E-state index is 9.60. The molecule has 102 valence electrons. The zero-order chi connectivity index (χ0) is 13.6. The Morgan fingerprint density at radius 3 is 2.56 bits per heavy atom. The fourth-order valence-corrected chi connectivity index (χ4v) is 1.61. The molecule has 0 radical (unpaired) electrons. The first-order valence-corrected chi connectivity index (χ1v) is 6.19. The number of hydrogen-bond acceptors (Lipinski definition) is 4. The van der Waals surface area contributed by atoms with Crippen LogP contribution in [0.1, 0.15) is 26.3 Å². The van der Waals surface area contributed by atoms with Crippen molar-refractivity contribution in [2.75, 3.05) is 20.3 Å². The van der Waals surface area contributed by atoms with Crippen molar-refractivity contribution in [1.29, 1.82) is 0 Å². The Kier molecular flexibility index (Phi) is 5.44. The van der Waals surface area contributed by atoms with E-state index in [0.717, 1.165) is 17.1 Å². The summed E-state index contributed by atoms with van der Waals surface area (Å²) in [5, 5.41) is 12.8. The molecule has 18 heavy (non-hydrogen) atoms. The summed E-state index contributed by atoms with van der Waals surface area (Å²) in [7, 11) is 1.63. The van der Waals surface area contributed by atoms with Gasteiger partial charge in [-0.15, -0.1) is 0 Å². The van der Waals surface area contributed by atoms with Crippen LogP contribution in [0.5, 0.6) is 11.5 Å². The lowest BCUT2D eigenvalue weighted by atomic mass is 10.1. The van der Waals surface area contributed by atoms with Gasteiger partial charge in [-0.2, -0.15) is 0 Å². The Hall–Kier alpha value is -1.26. The SMILES string of the molecule is CCOc1ccc(CNCC(C)(C)O)cc1OC. The molecule has 0 saturated heterocycles. The van der Waals surface area contributed by atoms with E-state index in [4.69, 9.17) is 9.47 Å². The van der Waals surface area contributed by atoms with Gasteiger partial charge in [0.15, 0.2) is 11.5 Å². The summed E-state index contributed by atoms with van der Waals surface area (Å²) >= 11 is 0. The summed E-state index contributed by atoms with van der Waals surface area (Å²) in [4.78, 5) is 0. The molecule has 0 saturated carbocycles. The monoisotopic (exact) mass is 253 g/mol. The lowest BCUT2D eigenvalue weighted by Crippen LogP contribution is -2.34. The van der Waals surface area contributed by atoms with Crippen molar-refractivity contribution in [2.45, 2.75) is 32.9 Å². The van der Waals surface area contributed by atoms with E-state index < -0.39 is 5.60 Å².